The van der Waals surface area contributed by atoms with Crippen LogP contribution in [0.5, 0.6) is 5.75 Å². The Bertz CT molecular complexity index is 618. The van der Waals surface area contributed by atoms with E-state index in [0.29, 0.717) is 30.8 Å². The van der Waals surface area contributed by atoms with E-state index in [4.69, 9.17) is 9.26 Å². The summed E-state index contributed by atoms with van der Waals surface area (Å²) < 4.78 is 10.9. The molecular formula is C16H24IN5O2. The third kappa shape index (κ3) is 6.73. The normalized spacial score (nSPS) is 12.2. The van der Waals surface area contributed by atoms with Gasteiger partial charge in [0, 0.05) is 14.0 Å². The Morgan fingerprint density at radius 3 is 2.62 bits per heavy atom. The summed E-state index contributed by atoms with van der Waals surface area (Å²) in [6, 6.07) is 9.80. The van der Waals surface area contributed by atoms with Crippen molar-refractivity contribution in [1.29, 1.82) is 0 Å². The molecule has 8 heteroatoms. The average molecular weight is 445 g/mol. The molecule has 2 rings (SSSR count). The van der Waals surface area contributed by atoms with Gasteiger partial charge in [0.25, 0.3) is 0 Å². The zero-order valence-corrected chi connectivity index (χ0v) is 16.5. The van der Waals surface area contributed by atoms with Crippen molar-refractivity contribution in [3.63, 3.8) is 0 Å². The molecule has 2 aromatic rings. The van der Waals surface area contributed by atoms with Crippen LogP contribution < -0.4 is 15.4 Å². The van der Waals surface area contributed by atoms with E-state index in [9.17, 15) is 0 Å². The highest BCUT2D eigenvalue weighted by Gasteiger charge is 2.10. The van der Waals surface area contributed by atoms with Crippen molar-refractivity contribution in [2.75, 3.05) is 13.6 Å². The Morgan fingerprint density at radius 2 is 2.04 bits per heavy atom. The molecule has 1 unspecified atom stereocenters. The standard InChI is InChI=1S/C16H23N5O2.HI/c1-4-13(22-14-8-6-5-7-9-14)10-18-16(17-3)19-11-15-20-12(2)23-21-15;/h5-9,13H,4,10-11H2,1-3H3,(H2,17,18,19);1H. The van der Waals surface area contributed by atoms with E-state index in [1.54, 1.807) is 14.0 Å². The largest absolute Gasteiger partial charge is 0.489 e. The summed E-state index contributed by atoms with van der Waals surface area (Å²) in [5.74, 6) is 2.68. The predicted octanol–water partition coefficient (Wildman–Crippen LogP) is 2.52. The van der Waals surface area contributed by atoms with Crippen LogP contribution in [0.25, 0.3) is 0 Å². The molecular weight excluding hydrogens is 421 g/mol. The van der Waals surface area contributed by atoms with E-state index in [-0.39, 0.29) is 30.1 Å². The van der Waals surface area contributed by atoms with Crippen LogP contribution in [-0.4, -0.2) is 35.8 Å². The second-order valence-electron chi connectivity index (χ2n) is 5.00. The number of aryl methyl sites for hydroxylation is 1. The van der Waals surface area contributed by atoms with Gasteiger partial charge in [-0.15, -0.1) is 24.0 Å². The highest BCUT2D eigenvalue weighted by atomic mass is 127. The minimum Gasteiger partial charge on any atom is -0.489 e. The molecule has 0 saturated heterocycles. The first-order valence-electron chi connectivity index (χ1n) is 7.66. The van der Waals surface area contributed by atoms with Gasteiger partial charge in [0.1, 0.15) is 11.9 Å². The number of hydrogen-bond donors (Lipinski definition) is 2. The predicted molar refractivity (Wildman–Crippen MR) is 104 cm³/mol. The Balaban J connectivity index is 0.00000288. The van der Waals surface area contributed by atoms with Crippen molar-refractivity contribution in [3.05, 3.63) is 42.0 Å². The molecule has 0 spiro atoms. The summed E-state index contributed by atoms with van der Waals surface area (Å²) in [5, 5.41) is 10.2. The van der Waals surface area contributed by atoms with Crippen LogP contribution in [0.15, 0.2) is 39.8 Å². The monoisotopic (exact) mass is 445 g/mol. The minimum atomic E-state index is 0. The first-order chi connectivity index (χ1) is 11.2. The molecule has 0 bridgehead atoms. The fraction of sp³-hybridized carbons (Fsp3) is 0.438. The van der Waals surface area contributed by atoms with Crippen LogP contribution in [0.1, 0.15) is 25.1 Å². The van der Waals surface area contributed by atoms with Gasteiger partial charge in [0.2, 0.25) is 5.89 Å². The summed E-state index contributed by atoms with van der Waals surface area (Å²) in [6.07, 6.45) is 0.950. The maximum atomic E-state index is 5.94. The number of guanidine groups is 1. The lowest BCUT2D eigenvalue weighted by Gasteiger charge is -2.19. The first kappa shape index (κ1) is 20.2. The number of halogens is 1. The SMILES string of the molecule is CCC(CNC(=NC)NCc1noc(C)n1)Oc1ccccc1.I. The number of ether oxygens (including phenoxy) is 1. The summed E-state index contributed by atoms with van der Waals surface area (Å²) in [7, 11) is 1.72. The number of hydrogen-bond acceptors (Lipinski definition) is 5. The molecule has 0 saturated carbocycles. The zero-order valence-electron chi connectivity index (χ0n) is 14.2. The van der Waals surface area contributed by atoms with Crippen LogP contribution in [0.2, 0.25) is 0 Å². The average Bonchev–Trinajstić information content (AvgIpc) is 3.00. The van der Waals surface area contributed by atoms with Gasteiger partial charge in [-0.3, -0.25) is 4.99 Å². The van der Waals surface area contributed by atoms with Gasteiger partial charge >= 0.3 is 0 Å². The molecule has 0 aliphatic carbocycles. The lowest BCUT2D eigenvalue weighted by molar-refractivity contribution is 0.199. The number of nitrogens with one attached hydrogen (secondary N) is 2. The second kappa shape index (κ2) is 10.8. The lowest BCUT2D eigenvalue weighted by atomic mass is 10.2. The first-order valence-corrected chi connectivity index (χ1v) is 7.66. The van der Waals surface area contributed by atoms with E-state index in [1.807, 2.05) is 30.3 Å². The van der Waals surface area contributed by atoms with E-state index < -0.39 is 0 Å². The molecule has 1 aromatic heterocycles. The van der Waals surface area contributed by atoms with Crippen molar-refractivity contribution in [3.8, 4) is 5.75 Å². The molecule has 2 N–H and O–H groups in total. The van der Waals surface area contributed by atoms with Crippen molar-refractivity contribution < 1.29 is 9.26 Å². The van der Waals surface area contributed by atoms with Crippen LogP contribution in [-0.2, 0) is 6.54 Å². The molecule has 0 radical (unpaired) electrons. The minimum absolute atomic E-state index is 0. The second-order valence-corrected chi connectivity index (χ2v) is 5.00. The maximum absolute atomic E-state index is 5.94. The van der Waals surface area contributed by atoms with Crippen LogP contribution in [0.3, 0.4) is 0 Å². The highest BCUT2D eigenvalue weighted by Crippen LogP contribution is 2.11. The summed E-state index contributed by atoms with van der Waals surface area (Å²) in [6.45, 7) is 4.95. The maximum Gasteiger partial charge on any atom is 0.223 e. The van der Waals surface area contributed by atoms with Crippen molar-refractivity contribution in [1.82, 2.24) is 20.8 Å². The Kier molecular flexibility index (Phi) is 9.13. The number of nitrogens with zero attached hydrogens (tertiary/aromatic N) is 3. The van der Waals surface area contributed by atoms with Crippen molar-refractivity contribution in [2.45, 2.75) is 32.9 Å². The van der Waals surface area contributed by atoms with E-state index in [1.165, 1.54) is 0 Å². The van der Waals surface area contributed by atoms with Gasteiger partial charge < -0.3 is 19.9 Å². The fourth-order valence-electron chi connectivity index (χ4n) is 1.97. The van der Waals surface area contributed by atoms with Crippen LogP contribution >= 0.6 is 24.0 Å². The van der Waals surface area contributed by atoms with Crippen molar-refractivity contribution >= 4 is 29.9 Å². The van der Waals surface area contributed by atoms with Gasteiger partial charge in [-0.1, -0.05) is 30.3 Å². The molecule has 24 heavy (non-hydrogen) atoms. The number of para-hydroxylation sites is 1. The molecule has 1 aromatic carbocycles. The van der Waals surface area contributed by atoms with E-state index in [2.05, 4.69) is 32.7 Å². The number of rotatable bonds is 7. The molecule has 1 atom stereocenters. The van der Waals surface area contributed by atoms with E-state index >= 15 is 0 Å². The Morgan fingerprint density at radius 1 is 1.29 bits per heavy atom. The molecule has 0 fully saturated rings. The topological polar surface area (TPSA) is 84.6 Å². The Labute approximate surface area is 159 Å². The van der Waals surface area contributed by atoms with Gasteiger partial charge in [-0.2, -0.15) is 4.98 Å². The van der Waals surface area contributed by atoms with Crippen molar-refractivity contribution in [2.24, 2.45) is 4.99 Å². The lowest BCUT2D eigenvalue weighted by Crippen LogP contribution is -2.42. The molecule has 0 aliphatic rings. The molecule has 0 amide bonds. The van der Waals surface area contributed by atoms with Gasteiger partial charge in [0.15, 0.2) is 11.8 Å². The quantitative estimate of drug-likeness (QED) is 0.387. The molecule has 0 aliphatic heterocycles. The Hall–Kier alpha value is -1.84. The van der Waals surface area contributed by atoms with Crippen LogP contribution in [0, 0.1) is 6.92 Å². The van der Waals surface area contributed by atoms with Crippen LogP contribution in [0.4, 0.5) is 0 Å². The smallest absolute Gasteiger partial charge is 0.223 e. The number of aromatic nitrogens is 2. The third-order valence-corrected chi connectivity index (χ3v) is 3.21. The summed E-state index contributed by atoms with van der Waals surface area (Å²) in [5.41, 5.74) is 0. The highest BCUT2D eigenvalue weighted by molar-refractivity contribution is 14.0. The van der Waals surface area contributed by atoms with Gasteiger partial charge in [-0.05, 0) is 18.6 Å². The van der Waals surface area contributed by atoms with Gasteiger partial charge in [0.05, 0.1) is 13.1 Å². The third-order valence-electron chi connectivity index (χ3n) is 3.21. The molecule has 132 valence electrons. The number of aliphatic imine (C=N–C) groups is 1. The summed E-state index contributed by atoms with van der Waals surface area (Å²) in [4.78, 5) is 8.31. The van der Waals surface area contributed by atoms with E-state index in [0.717, 1.165) is 12.2 Å². The summed E-state index contributed by atoms with van der Waals surface area (Å²) >= 11 is 0. The molecule has 7 nitrogen and oxygen atoms in total. The zero-order chi connectivity index (χ0) is 16.5. The van der Waals surface area contributed by atoms with Gasteiger partial charge in [-0.25, -0.2) is 0 Å². The molecule has 1 heterocycles. The fourth-order valence-corrected chi connectivity index (χ4v) is 1.97. The number of benzene rings is 1.